The number of amides is 1. The summed E-state index contributed by atoms with van der Waals surface area (Å²) in [5.41, 5.74) is 3.54. The third-order valence-electron chi connectivity index (χ3n) is 5.05. The van der Waals surface area contributed by atoms with E-state index in [2.05, 4.69) is 5.32 Å². The molecule has 0 aliphatic carbocycles. The molecule has 1 aromatic heterocycles. The highest BCUT2D eigenvalue weighted by atomic mass is 32.2. The number of rotatable bonds is 8. The van der Waals surface area contributed by atoms with Crippen molar-refractivity contribution in [3.63, 3.8) is 0 Å². The highest BCUT2D eigenvalue weighted by Gasteiger charge is 2.17. The second-order valence-corrected chi connectivity index (χ2v) is 8.14. The van der Waals surface area contributed by atoms with Gasteiger partial charge in [-0.3, -0.25) is 4.79 Å². The Morgan fingerprint density at radius 3 is 2.70 bits per heavy atom. The van der Waals surface area contributed by atoms with Crippen LogP contribution in [0.1, 0.15) is 24.1 Å². The summed E-state index contributed by atoms with van der Waals surface area (Å²) in [6, 6.07) is 15.7. The first-order chi connectivity index (χ1) is 14.7. The number of nitrogens with one attached hydrogen (secondary N) is 1. The summed E-state index contributed by atoms with van der Waals surface area (Å²) in [5.74, 6) is 1.09. The molecule has 1 N–H and O–H groups in total. The smallest absolute Gasteiger partial charge is 0.230 e. The Balaban J connectivity index is 1.51. The van der Waals surface area contributed by atoms with Gasteiger partial charge in [0.2, 0.25) is 5.91 Å². The Kier molecular flexibility index (Phi) is 6.81. The zero-order chi connectivity index (χ0) is 20.8. The molecule has 1 aliphatic heterocycles. The number of thioether (sulfide) groups is 1. The van der Waals surface area contributed by atoms with Gasteiger partial charge < -0.3 is 14.8 Å². The summed E-state index contributed by atoms with van der Waals surface area (Å²) < 4.78 is 11.1. The molecule has 0 bridgehead atoms. The van der Waals surface area contributed by atoms with Crippen LogP contribution in [0, 0.1) is 0 Å². The van der Waals surface area contributed by atoms with Gasteiger partial charge in [0.05, 0.1) is 35.7 Å². The summed E-state index contributed by atoms with van der Waals surface area (Å²) in [6.45, 7) is 1.35. The molecule has 0 unspecified atom stereocenters. The van der Waals surface area contributed by atoms with Gasteiger partial charge in [-0.15, -0.1) is 0 Å². The monoisotopic (exact) mass is 423 g/mol. The van der Waals surface area contributed by atoms with Crippen LogP contribution in [0.4, 0.5) is 0 Å². The van der Waals surface area contributed by atoms with Gasteiger partial charge in [-0.25, -0.2) is 9.97 Å². The fraction of sp³-hybridized carbons (Fsp3) is 0.348. The fourth-order valence-corrected chi connectivity index (χ4v) is 4.32. The highest BCUT2D eigenvalue weighted by molar-refractivity contribution is 7.99. The lowest BCUT2D eigenvalue weighted by molar-refractivity contribution is -0.119. The summed E-state index contributed by atoms with van der Waals surface area (Å²) in [4.78, 5) is 22.0. The minimum atomic E-state index is -0.0197. The SMILES string of the molecule is COc1ccccc1Cc1nc2ccccc2nc1SCC(=O)NC[C@@H]1CCCO1. The lowest BCUT2D eigenvalue weighted by atomic mass is 10.1. The van der Waals surface area contributed by atoms with E-state index in [0.29, 0.717) is 18.7 Å². The first-order valence-corrected chi connectivity index (χ1v) is 11.1. The van der Waals surface area contributed by atoms with Crippen LogP contribution >= 0.6 is 11.8 Å². The van der Waals surface area contributed by atoms with Crippen molar-refractivity contribution in [2.45, 2.75) is 30.4 Å². The zero-order valence-corrected chi connectivity index (χ0v) is 17.8. The number of para-hydroxylation sites is 3. The van der Waals surface area contributed by atoms with Crippen molar-refractivity contribution in [3.8, 4) is 5.75 Å². The molecule has 2 aromatic carbocycles. The Morgan fingerprint density at radius 1 is 1.17 bits per heavy atom. The number of fused-ring (bicyclic) bond motifs is 1. The maximum Gasteiger partial charge on any atom is 0.230 e. The Bertz CT molecular complexity index is 1020. The normalized spacial score (nSPS) is 16.0. The van der Waals surface area contributed by atoms with Crippen molar-refractivity contribution >= 4 is 28.7 Å². The maximum atomic E-state index is 12.4. The summed E-state index contributed by atoms with van der Waals surface area (Å²) in [7, 11) is 1.67. The van der Waals surface area contributed by atoms with Gasteiger partial charge in [0.1, 0.15) is 10.8 Å². The zero-order valence-electron chi connectivity index (χ0n) is 17.0. The number of methoxy groups -OCH3 is 1. The van der Waals surface area contributed by atoms with Gasteiger partial charge in [0.15, 0.2) is 0 Å². The molecule has 0 spiro atoms. The number of carbonyl (C=O) groups excluding carboxylic acids is 1. The third-order valence-corrected chi connectivity index (χ3v) is 6.05. The summed E-state index contributed by atoms with van der Waals surface area (Å²) in [5, 5.41) is 3.74. The van der Waals surface area contributed by atoms with Crippen LogP contribution in [0.25, 0.3) is 11.0 Å². The average molecular weight is 424 g/mol. The molecule has 4 rings (SSSR count). The van der Waals surface area contributed by atoms with E-state index in [-0.39, 0.29) is 12.0 Å². The van der Waals surface area contributed by atoms with Gasteiger partial charge in [0, 0.05) is 25.1 Å². The molecular weight excluding hydrogens is 398 g/mol. The van der Waals surface area contributed by atoms with E-state index in [0.717, 1.165) is 52.5 Å². The van der Waals surface area contributed by atoms with Crippen molar-refractivity contribution < 1.29 is 14.3 Å². The van der Waals surface area contributed by atoms with Gasteiger partial charge in [-0.2, -0.15) is 0 Å². The average Bonchev–Trinajstić information content (AvgIpc) is 3.30. The van der Waals surface area contributed by atoms with Crippen molar-refractivity contribution in [2.24, 2.45) is 0 Å². The molecule has 1 aliphatic rings. The molecule has 7 heteroatoms. The number of hydrogen-bond acceptors (Lipinski definition) is 6. The number of benzene rings is 2. The second-order valence-electron chi connectivity index (χ2n) is 7.18. The molecular formula is C23H25N3O3S. The number of ether oxygens (including phenoxy) is 2. The minimum Gasteiger partial charge on any atom is -0.496 e. The highest BCUT2D eigenvalue weighted by Crippen LogP contribution is 2.27. The van der Waals surface area contributed by atoms with Gasteiger partial charge >= 0.3 is 0 Å². The van der Waals surface area contributed by atoms with E-state index in [4.69, 9.17) is 19.4 Å². The molecule has 1 amide bonds. The molecule has 0 saturated carbocycles. The maximum absolute atomic E-state index is 12.4. The van der Waals surface area contributed by atoms with Gasteiger partial charge in [0.25, 0.3) is 0 Å². The van der Waals surface area contributed by atoms with E-state index in [9.17, 15) is 4.79 Å². The van der Waals surface area contributed by atoms with Crippen LogP contribution in [0.5, 0.6) is 5.75 Å². The molecule has 0 radical (unpaired) electrons. The first-order valence-electron chi connectivity index (χ1n) is 10.1. The quantitative estimate of drug-likeness (QED) is 0.558. The van der Waals surface area contributed by atoms with Crippen LogP contribution in [0.3, 0.4) is 0 Å². The van der Waals surface area contributed by atoms with Crippen LogP contribution < -0.4 is 10.1 Å². The van der Waals surface area contributed by atoms with Crippen LogP contribution in [0.2, 0.25) is 0 Å². The third kappa shape index (κ3) is 5.09. The molecule has 6 nitrogen and oxygen atoms in total. The Labute approximate surface area is 180 Å². The number of aromatic nitrogens is 2. The topological polar surface area (TPSA) is 73.3 Å². The summed E-state index contributed by atoms with van der Waals surface area (Å²) >= 11 is 1.42. The Morgan fingerprint density at radius 2 is 1.93 bits per heavy atom. The van der Waals surface area contributed by atoms with Gasteiger partial charge in [-0.05, 0) is 31.0 Å². The molecule has 1 atom stereocenters. The van der Waals surface area contributed by atoms with E-state index in [1.165, 1.54) is 11.8 Å². The largest absolute Gasteiger partial charge is 0.496 e. The number of nitrogens with zero attached hydrogens (tertiary/aromatic N) is 2. The molecule has 156 valence electrons. The molecule has 1 saturated heterocycles. The molecule has 1 fully saturated rings. The van der Waals surface area contributed by atoms with Crippen molar-refractivity contribution in [1.82, 2.24) is 15.3 Å². The minimum absolute atomic E-state index is 0.0197. The van der Waals surface area contributed by atoms with E-state index in [1.807, 2.05) is 48.5 Å². The summed E-state index contributed by atoms with van der Waals surface area (Å²) in [6.07, 6.45) is 2.79. The second kappa shape index (κ2) is 9.91. The Hall–Kier alpha value is -2.64. The van der Waals surface area contributed by atoms with E-state index >= 15 is 0 Å². The van der Waals surface area contributed by atoms with Crippen molar-refractivity contribution in [3.05, 3.63) is 59.8 Å². The standard InChI is InChI=1S/C23H25N3O3S/c1-28-21-11-5-2-7-16(21)13-20-23(26-19-10-4-3-9-18(19)25-20)30-15-22(27)24-14-17-8-6-12-29-17/h2-5,7,9-11,17H,6,8,12-15H2,1H3,(H,24,27)/t17-/m0/s1. The van der Waals surface area contributed by atoms with Crippen molar-refractivity contribution in [2.75, 3.05) is 26.0 Å². The number of carbonyl (C=O) groups is 1. The first kappa shape index (κ1) is 20.6. The van der Waals surface area contributed by atoms with E-state index < -0.39 is 0 Å². The van der Waals surface area contributed by atoms with Crippen LogP contribution in [-0.2, 0) is 16.0 Å². The lowest BCUT2D eigenvalue weighted by Crippen LogP contribution is -2.32. The van der Waals surface area contributed by atoms with Gasteiger partial charge in [-0.1, -0.05) is 42.1 Å². The fourth-order valence-electron chi connectivity index (χ4n) is 3.50. The van der Waals surface area contributed by atoms with Crippen LogP contribution in [-0.4, -0.2) is 48.0 Å². The predicted molar refractivity (Wildman–Crippen MR) is 118 cm³/mol. The van der Waals surface area contributed by atoms with Crippen LogP contribution in [0.15, 0.2) is 53.6 Å². The van der Waals surface area contributed by atoms with Crippen molar-refractivity contribution in [1.29, 1.82) is 0 Å². The predicted octanol–water partition coefficient (Wildman–Crippen LogP) is 3.62. The molecule has 3 aromatic rings. The molecule has 30 heavy (non-hydrogen) atoms. The van der Waals surface area contributed by atoms with E-state index in [1.54, 1.807) is 7.11 Å². The number of hydrogen-bond donors (Lipinski definition) is 1. The molecule has 2 heterocycles. The lowest BCUT2D eigenvalue weighted by Gasteiger charge is -2.13.